The standard InChI is InChI=1S/C26H25N3O4.C2H6/c1-13(30)28-21-15-5-3-4-6-17(15)29-22-16(21)12-26(31)19-11-14-7-8-18(32-2)23-20(14)25(26,9-10-27-19)24(22)33-23;1-2/h3-8,19,24,27,31H,9-12H2,1-2H3,(H,28,29,30);1-2H3/t19-,24?,25+,26?;/m1./s1. The number of aliphatic hydroxyl groups is 1. The van der Waals surface area contributed by atoms with Crippen LogP contribution in [0.3, 0.4) is 0 Å². The lowest BCUT2D eigenvalue weighted by Gasteiger charge is -2.60. The van der Waals surface area contributed by atoms with Crippen molar-refractivity contribution in [3.05, 3.63) is 58.8 Å². The first-order chi connectivity index (χ1) is 17.0. The van der Waals surface area contributed by atoms with E-state index < -0.39 is 17.1 Å². The van der Waals surface area contributed by atoms with Crippen LogP contribution in [0, 0.1) is 0 Å². The molecular formula is C28H31N3O4. The van der Waals surface area contributed by atoms with Gasteiger partial charge in [0.05, 0.1) is 35.0 Å². The summed E-state index contributed by atoms with van der Waals surface area (Å²) in [6.07, 6.45) is 1.38. The number of methoxy groups -OCH3 is 1. The number of para-hydroxylation sites is 1. The zero-order chi connectivity index (χ0) is 24.5. The number of amides is 1. The minimum atomic E-state index is -1.08. The van der Waals surface area contributed by atoms with Gasteiger partial charge in [0.1, 0.15) is 0 Å². The Morgan fingerprint density at radius 2 is 2.06 bits per heavy atom. The minimum Gasteiger partial charge on any atom is -0.493 e. The lowest BCUT2D eigenvalue weighted by Crippen LogP contribution is -2.74. The molecule has 1 fully saturated rings. The van der Waals surface area contributed by atoms with Crippen molar-refractivity contribution in [2.45, 2.75) is 63.2 Å². The van der Waals surface area contributed by atoms with Crippen molar-refractivity contribution in [2.24, 2.45) is 0 Å². The van der Waals surface area contributed by atoms with Gasteiger partial charge in [0, 0.05) is 35.9 Å². The van der Waals surface area contributed by atoms with E-state index in [4.69, 9.17) is 14.5 Å². The summed E-state index contributed by atoms with van der Waals surface area (Å²) >= 11 is 0. The molecule has 35 heavy (non-hydrogen) atoms. The molecule has 2 bridgehead atoms. The van der Waals surface area contributed by atoms with Crippen LogP contribution in [0.2, 0.25) is 0 Å². The number of carbonyl (C=O) groups excluding carboxylic acids is 1. The smallest absolute Gasteiger partial charge is 0.221 e. The number of carbonyl (C=O) groups is 1. The quantitative estimate of drug-likeness (QED) is 0.524. The predicted octanol–water partition coefficient (Wildman–Crippen LogP) is 3.80. The average molecular weight is 474 g/mol. The van der Waals surface area contributed by atoms with Crippen LogP contribution in [0.15, 0.2) is 36.4 Å². The third kappa shape index (κ3) is 2.68. The molecule has 4 atom stereocenters. The number of pyridine rings is 1. The van der Waals surface area contributed by atoms with Crippen molar-refractivity contribution in [1.82, 2.24) is 10.3 Å². The monoisotopic (exact) mass is 473 g/mol. The summed E-state index contributed by atoms with van der Waals surface area (Å²) in [5.74, 6) is 1.26. The summed E-state index contributed by atoms with van der Waals surface area (Å²) in [6.45, 7) is 6.31. The highest BCUT2D eigenvalue weighted by Crippen LogP contribution is 2.68. The molecule has 3 N–H and O–H groups in total. The molecule has 0 radical (unpaired) electrons. The Kier molecular flexibility index (Phi) is 4.89. The summed E-state index contributed by atoms with van der Waals surface area (Å²) in [4.78, 5) is 17.3. The summed E-state index contributed by atoms with van der Waals surface area (Å²) in [6, 6.07) is 11.8. The van der Waals surface area contributed by atoms with Crippen molar-refractivity contribution in [2.75, 3.05) is 19.0 Å². The van der Waals surface area contributed by atoms with Crippen molar-refractivity contribution in [1.29, 1.82) is 0 Å². The van der Waals surface area contributed by atoms with Gasteiger partial charge in [-0.15, -0.1) is 0 Å². The molecule has 3 heterocycles. The van der Waals surface area contributed by atoms with Crippen LogP contribution >= 0.6 is 0 Å². The van der Waals surface area contributed by atoms with E-state index in [0.29, 0.717) is 18.6 Å². The third-order valence-electron chi connectivity index (χ3n) is 8.26. The van der Waals surface area contributed by atoms with Crippen LogP contribution in [-0.2, 0) is 23.1 Å². The van der Waals surface area contributed by atoms with E-state index in [9.17, 15) is 9.90 Å². The van der Waals surface area contributed by atoms with E-state index >= 15 is 0 Å². The Morgan fingerprint density at radius 3 is 2.83 bits per heavy atom. The van der Waals surface area contributed by atoms with Crippen molar-refractivity contribution < 1.29 is 19.4 Å². The first-order valence-corrected chi connectivity index (χ1v) is 12.5. The van der Waals surface area contributed by atoms with Gasteiger partial charge in [-0.05, 0) is 37.1 Å². The molecule has 1 saturated heterocycles. The lowest BCUT2D eigenvalue weighted by atomic mass is 9.49. The molecule has 2 aliphatic carbocycles. The van der Waals surface area contributed by atoms with Gasteiger partial charge in [0.25, 0.3) is 0 Å². The highest BCUT2D eigenvalue weighted by molar-refractivity contribution is 6.02. The fourth-order valence-corrected chi connectivity index (χ4v) is 7.02. The van der Waals surface area contributed by atoms with Gasteiger partial charge in [-0.2, -0.15) is 0 Å². The number of hydrogen-bond donors (Lipinski definition) is 3. The fourth-order valence-electron chi connectivity index (χ4n) is 7.02. The SMILES string of the molecule is CC.COc1ccc2c3c1OC1c4nc5ccccc5c(NC(C)=O)c4CC4(O)[C@@H](C2)NCC[C@]314. The highest BCUT2D eigenvalue weighted by Gasteiger charge is 2.71. The number of rotatable bonds is 2. The van der Waals surface area contributed by atoms with Crippen LogP contribution in [0.5, 0.6) is 11.5 Å². The number of nitrogens with zero attached hydrogens (tertiary/aromatic N) is 1. The number of fused-ring (bicyclic) bond motifs is 3. The van der Waals surface area contributed by atoms with E-state index in [1.807, 2.05) is 44.2 Å². The molecule has 7 nitrogen and oxygen atoms in total. The number of anilines is 1. The molecule has 2 aliphatic heterocycles. The first-order valence-electron chi connectivity index (χ1n) is 12.5. The number of benzene rings is 2. The first kappa shape index (κ1) is 22.3. The Balaban J connectivity index is 0.00000112. The number of piperidine rings is 1. The Labute approximate surface area is 204 Å². The second kappa shape index (κ2) is 7.67. The minimum absolute atomic E-state index is 0.117. The lowest BCUT2D eigenvalue weighted by molar-refractivity contribution is -0.134. The highest BCUT2D eigenvalue weighted by atomic mass is 16.5. The van der Waals surface area contributed by atoms with Gasteiger partial charge in [-0.1, -0.05) is 38.1 Å². The Hall–Kier alpha value is -3.16. The zero-order valence-corrected chi connectivity index (χ0v) is 20.6. The van der Waals surface area contributed by atoms with Crippen LogP contribution in [-0.4, -0.2) is 41.3 Å². The molecule has 1 aromatic heterocycles. The van der Waals surface area contributed by atoms with Crippen molar-refractivity contribution in [3.63, 3.8) is 0 Å². The van der Waals surface area contributed by atoms with Gasteiger partial charge >= 0.3 is 0 Å². The number of hydrogen-bond acceptors (Lipinski definition) is 6. The van der Waals surface area contributed by atoms with E-state index in [2.05, 4.69) is 16.7 Å². The van der Waals surface area contributed by atoms with E-state index in [1.54, 1.807) is 7.11 Å². The Bertz CT molecular complexity index is 1370. The van der Waals surface area contributed by atoms with Crippen molar-refractivity contribution in [3.8, 4) is 11.5 Å². The predicted molar refractivity (Wildman–Crippen MR) is 134 cm³/mol. The van der Waals surface area contributed by atoms with E-state index in [0.717, 1.165) is 52.1 Å². The number of aromatic nitrogens is 1. The van der Waals surface area contributed by atoms with Crippen LogP contribution in [0.4, 0.5) is 5.69 Å². The molecule has 1 amide bonds. The van der Waals surface area contributed by atoms with Crippen LogP contribution < -0.4 is 20.1 Å². The maximum absolute atomic E-state index is 12.5. The number of nitrogens with one attached hydrogen (secondary N) is 2. The summed E-state index contributed by atoms with van der Waals surface area (Å²) < 4.78 is 12.4. The maximum atomic E-state index is 12.5. The zero-order valence-electron chi connectivity index (χ0n) is 20.6. The maximum Gasteiger partial charge on any atom is 0.221 e. The molecule has 7 rings (SSSR count). The molecular weight excluding hydrogens is 442 g/mol. The van der Waals surface area contributed by atoms with Crippen LogP contribution in [0.1, 0.15) is 55.7 Å². The molecule has 0 saturated carbocycles. The van der Waals surface area contributed by atoms with Gasteiger partial charge in [-0.25, -0.2) is 4.98 Å². The van der Waals surface area contributed by atoms with Gasteiger partial charge in [0.2, 0.25) is 5.91 Å². The summed E-state index contributed by atoms with van der Waals surface area (Å²) in [7, 11) is 1.65. The molecule has 3 aromatic rings. The van der Waals surface area contributed by atoms with Gasteiger partial charge in [0.15, 0.2) is 17.6 Å². The topological polar surface area (TPSA) is 92.7 Å². The van der Waals surface area contributed by atoms with Gasteiger partial charge in [-0.3, -0.25) is 4.79 Å². The molecule has 7 heteroatoms. The second-order valence-electron chi connectivity index (χ2n) is 9.71. The molecule has 2 unspecified atom stereocenters. The summed E-state index contributed by atoms with van der Waals surface area (Å²) in [5, 5.41) is 20.0. The van der Waals surface area contributed by atoms with E-state index in [1.165, 1.54) is 12.5 Å². The van der Waals surface area contributed by atoms with Crippen LogP contribution in [0.25, 0.3) is 10.9 Å². The molecule has 1 spiro atoms. The van der Waals surface area contributed by atoms with Gasteiger partial charge < -0.3 is 25.2 Å². The molecule has 4 aliphatic rings. The molecule has 2 aromatic carbocycles. The second-order valence-corrected chi connectivity index (χ2v) is 9.71. The molecule has 182 valence electrons. The Morgan fingerprint density at radius 1 is 1.26 bits per heavy atom. The fraction of sp³-hybridized carbons (Fsp3) is 0.429. The summed E-state index contributed by atoms with van der Waals surface area (Å²) in [5.41, 5.74) is 3.76. The van der Waals surface area contributed by atoms with E-state index in [-0.39, 0.29) is 11.9 Å². The normalized spacial score (nSPS) is 28.7. The number of ether oxygens (including phenoxy) is 2. The largest absolute Gasteiger partial charge is 0.493 e. The third-order valence-corrected chi connectivity index (χ3v) is 8.26. The average Bonchev–Trinajstić information content (AvgIpc) is 3.20. The van der Waals surface area contributed by atoms with Crippen molar-refractivity contribution >= 4 is 22.5 Å².